The number of thioether (sulfide) groups is 1. The van der Waals surface area contributed by atoms with Crippen LogP contribution in [0.25, 0.3) is 0 Å². The van der Waals surface area contributed by atoms with Gasteiger partial charge < -0.3 is 0 Å². The molecule has 1 spiro atoms. The quantitative estimate of drug-likeness (QED) is 0.319. The number of hydrogen-bond acceptors (Lipinski definition) is 3. The first kappa shape index (κ1) is 19.2. The average Bonchev–Trinajstić information content (AvgIpc) is 3.14. The molecule has 1 fully saturated rings. The second-order valence-electron chi connectivity index (χ2n) is 8.19. The predicted molar refractivity (Wildman–Crippen MR) is 132 cm³/mol. The van der Waals surface area contributed by atoms with E-state index in [0.717, 1.165) is 0 Å². The smallest absolute Gasteiger partial charge is 0.0894 e. The highest BCUT2D eigenvalue weighted by atomic mass is 32.2. The fraction of sp³-hybridized carbons (Fsp3) is 0.143. The van der Waals surface area contributed by atoms with Gasteiger partial charge in [0.2, 0.25) is 0 Å². The summed E-state index contributed by atoms with van der Waals surface area (Å²) in [6, 6.07) is 40.3. The predicted octanol–water partition coefficient (Wildman–Crippen LogP) is 7.51. The second kappa shape index (κ2) is 7.59. The maximum absolute atomic E-state index is 2.58. The van der Waals surface area contributed by atoms with Crippen molar-refractivity contribution in [3.63, 3.8) is 0 Å². The Balaban J connectivity index is 1.65. The molecule has 4 aromatic rings. The monoisotopic (exact) mass is 437 g/mol. The first-order valence-electron chi connectivity index (χ1n) is 10.7. The van der Waals surface area contributed by atoms with Crippen molar-refractivity contribution in [2.45, 2.75) is 26.0 Å². The van der Waals surface area contributed by atoms with E-state index in [1.165, 1.54) is 32.0 Å². The SMILES string of the molecule is CN1[C@@H](c2ccccc2)C2(S[C@H]1c1ccccc1)c1ccccc1Sc1ccccc12. The Hall–Kier alpha value is -2.46. The molecule has 2 atom stereocenters. The maximum atomic E-state index is 2.58. The van der Waals surface area contributed by atoms with Crippen molar-refractivity contribution >= 4 is 23.5 Å². The van der Waals surface area contributed by atoms with Crippen molar-refractivity contribution in [2.24, 2.45) is 0 Å². The number of likely N-dealkylation sites (N-methyl/N-ethyl adjacent to an activating group) is 1. The zero-order valence-electron chi connectivity index (χ0n) is 17.3. The van der Waals surface area contributed by atoms with Crippen LogP contribution >= 0.6 is 23.5 Å². The molecule has 0 amide bonds. The van der Waals surface area contributed by atoms with E-state index in [9.17, 15) is 0 Å². The Bertz CT molecular complexity index is 1180. The summed E-state index contributed by atoms with van der Waals surface area (Å²) in [6.07, 6.45) is 0. The number of benzene rings is 4. The average molecular weight is 438 g/mol. The molecule has 1 nitrogen and oxygen atoms in total. The molecule has 2 aliphatic heterocycles. The molecule has 2 aliphatic rings. The van der Waals surface area contributed by atoms with Crippen LogP contribution in [0.2, 0.25) is 0 Å². The standard InChI is InChI=1S/C28H23NS2/c1-29-26(20-12-4-2-5-13-20)28(31-27(29)21-14-6-3-7-15-21)22-16-8-10-18-24(22)30-25-19-11-9-17-23(25)28/h2-19,26-27H,1H3/t26-,27-/m0/s1. The van der Waals surface area contributed by atoms with E-state index >= 15 is 0 Å². The Morgan fingerprint density at radius 2 is 1.10 bits per heavy atom. The Kier molecular flexibility index (Phi) is 4.71. The molecule has 0 N–H and O–H groups in total. The highest BCUT2D eigenvalue weighted by Gasteiger charge is 2.57. The van der Waals surface area contributed by atoms with Gasteiger partial charge in [0.1, 0.15) is 0 Å². The van der Waals surface area contributed by atoms with Crippen molar-refractivity contribution in [1.29, 1.82) is 0 Å². The van der Waals surface area contributed by atoms with E-state index in [1.54, 1.807) is 0 Å². The lowest BCUT2D eigenvalue weighted by atomic mass is 9.79. The van der Waals surface area contributed by atoms with Crippen LogP contribution in [0.1, 0.15) is 33.7 Å². The van der Waals surface area contributed by atoms with Crippen LogP contribution in [0.3, 0.4) is 0 Å². The first-order chi connectivity index (χ1) is 15.3. The molecular weight excluding hydrogens is 414 g/mol. The van der Waals surface area contributed by atoms with Gasteiger partial charge in [-0.15, -0.1) is 11.8 Å². The molecule has 152 valence electrons. The largest absolute Gasteiger partial charge is 0.282 e. The normalized spacial score (nSPS) is 21.6. The van der Waals surface area contributed by atoms with E-state index in [4.69, 9.17) is 0 Å². The number of fused-ring (bicyclic) bond motifs is 4. The summed E-state index contributed by atoms with van der Waals surface area (Å²) in [5.74, 6) is 0. The molecule has 0 bridgehead atoms. The van der Waals surface area contributed by atoms with Crippen LogP contribution in [-0.4, -0.2) is 11.9 Å². The van der Waals surface area contributed by atoms with E-state index in [1.807, 2.05) is 11.8 Å². The molecule has 3 heteroatoms. The molecule has 6 rings (SSSR count). The topological polar surface area (TPSA) is 3.24 Å². The fourth-order valence-corrected chi connectivity index (χ4v) is 8.49. The summed E-state index contributed by atoms with van der Waals surface area (Å²) in [5, 5.41) is 0.274. The Morgan fingerprint density at radius 1 is 0.613 bits per heavy atom. The fourth-order valence-electron chi connectivity index (χ4n) is 5.18. The molecule has 2 heterocycles. The lowest BCUT2D eigenvalue weighted by Crippen LogP contribution is -2.36. The molecule has 0 radical (unpaired) electrons. The summed E-state index contributed by atoms with van der Waals surface area (Å²) in [4.78, 5) is 5.33. The number of rotatable bonds is 2. The van der Waals surface area contributed by atoms with Gasteiger partial charge in [-0.2, -0.15) is 0 Å². The van der Waals surface area contributed by atoms with E-state index in [0.29, 0.717) is 0 Å². The van der Waals surface area contributed by atoms with Crippen LogP contribution in [0, 0.1) is 0 Å². The maximum Gasteiger partial charge on any atom is 0.0894 e. The third kappa shape index (κ3) is 2.91. The molecule has 1 saturated heterocycles. The third-order valence-electron chi connectivity index (χ3n) is 6.45. The van der Waals surface area contributed by atoms with Gasteiger partial charge in [0, 0.05) is 9.79 Å². The minimum Gasteiger partial charge on any atom is -0.282 e. The van der Waals surface area contributed by atoms with Crippen molar-refractivity contribution in [3.05, 3.63) is 131 Å². The van der Waals surface area contributed by atoms with Crippen LogP contribution in [-0.2, 0) is 4.75 Å². The van der Waals surface area contributed by atoms with Gasteiger partial charge in [-0.05, 0) is 41.4 Å². The van der Waals surface area contributed by atoms with Gasteiger partial charge in [-0.25, -0.2) is 0 Å². The molecule has 4 aromatic carbocycles. The van der Waals surface area contributed by atoms with Gasteiger partial charge in [0.15, 0.2) is 0 Å². The minimum atomic E-state index is -0.172. The van der Waals surface area contributed by atoms with Gasteiger partial charge in [-0.1, -0.05) is 109 Å². The zero-order valence-corrected chi connectivity index (χ0v) is 18.9. The van der Waals surface area contributed by atoms with Gasteiger partial charge in [0.25, 0.3) is 0 Å². The van der Waals surface area contributed by atoms with E-state index < -0.39 is 0 Å². The summed E-state index contributed by atoms with van der Waals surface area (Å²) in [5.41, 5.74) is 5.60. The Labute approximate surface area is 192 Å². The molecule has 0 saturated carbocycles. The van der Waals surface area contributed by atoms with Crippen molar-refractivity contribution in [3.8, 4) is 0 Å². The first-order valence-corrected chi connectivity index (χ1v) is 12.3. The lowest BCUT2D eigenvalue weighted by molar-refractivity contribution is 0.224. The van der Waals surface area contributed by atoms with Gasteiger partial charge in [-0.3, -0.25) is 4.90 Å². The summed E-state index contributed by atoms with van der Waals surface area (Å²) in [7, 11) is 2.30. The van der Waals surface area contributed by atoms with E-state index in [2.05, 4.69) is 133 Å². The molecular formula is C28H23NS2. The number of nitrogens with zero attached hydrogens (tertiary/aromatic N) is 1. The zero-order chi connectivity index (χ0) is 20.8. The van der Waals surface area contributed by atoms with Crippen LogP contribution in [0.5, 0.6) is 0 Å². The third-order valence-corrected chi connectivity index (χ3v) is 9.47. The van der Waals surface area contributed by atoms with Crippen molar-refractivity contribution in [1.82, 2.24) is 4.90 Å². The number of hydrogen-bond donors (Lipinski definition) is 0. The highest BCUT2D eigenvalue weighted by molar-refractivity contribution is 8.02. The second-order valence-corrected chi connectivity index (χ2v) is 10.6. The lowest BCUT2D eigenvalue weighted by Gasteiger charge is -2.42. The van der Waals surface area contributed by atoms with Gasteiger partial charge >= 0.3 is 0 Å². The molecule has 31 heavy (non-hydrogen) atoms. The van der Waals surface area contributed by atoms with Crippen molar-refractivity contribution < 1.29 is 0 Å². The van der Waals surface area contributed by atoms with Crippen LogP contribution in [0.4, 0.5) is 0 Å². The van der Waals surface area contributed by atoms with Crippen LogP contribution < -0.4 is 0 Å². The minimum absolute atomic E-state index is 0.172. The molecule has 0 aromatic heterocycles. The van der Waals surface area contributed by atoms with E-state index in [-0.39, 0.29) is 16.2 Å². The van der Waals surface area contributed by atoms with Gasteiger partial charge in [0.05, 0.1) is 16.2 Å². The Morgan fingerprint density at radius 3 is 1.68 bits per heavy atom. The highest BCUT2D eigenvalue weighted by Crippen LogP contribution is 2.69. The van der Waals surface area contributed by atoms with Crippen molar-refractivity contribution in [2.75, 3.05) is 7.05 Å². The molecule has 0 aliphatic carbocycles. The summed E-state index contributed by atoms with van der Waals surface area (Å²) >= 11 is 4.00. The molecule has 0 unspecified atom stereocenters. The van der Waals surface area contributed by atoms with Crippen LogP contribution in [0.15, 0.2) is 119 Å². The summed E-state index contributed by atoms with van der Waals surface area (Å²) < 4.78 is -0.172. The summed E-state index contributed by atoms with van der Waals surface area (Å²) in [6.45, 7) is 0.